The summed E-state index contributed by atoms with van der Waals surface area (Å²) in [5.41, 5.74) is 0.393. The first-order valence-corrected chi connectivity index (χ1v) is 7.94. The predicted octanol–water partition coefficient (Wildman–Crippen LogP) is 3.09. The van der Waals surface area contributed by atoms with Crippen LogP contribution in [0.25, 0.3) is 0 Å². The van der Waals surface area contributed by atoms with Crippen molar-refractivity contribution in [2.75, 3.05) is 0 Å². The van der Waals surface area contributed by atoms with Crippen molar-refractivity contribution >= 4 is 12.1 Å². The van der Waals surface area contributed by atoms with Crippen molar-refractivity contribution in [3.63, 3.8) is 0 Å². The Morgan fingerprint density at radius 2 is 1.74 bits per heavy atom. The maximum Gasteiger partial charge on any atom is 0.408 e. The molecule has 0 saturated heterocycles. The number of rotatable bonds is 4. The Balaban J connectivity index is 1.67. The molecule has 3 aliphatic rings. The number of carboxylic acids is 1. The largest absolute Gasteiger partial charge is 0.480 e. The molecule has 0 spiro atoms. The number of alkyl carbamates (subject to hydrolysis) is 1. The highest BCUT2D eigenvalue weighted by molar-refractivity contribution is 5.82. The lowest BCUT2D eigenvalue weighted by molar-refractivity contribution is -0.183. The van der Waals surface area contributed by atoms with Gasteiger partial charge in [-0.05, 0) is 51.0 Å². The third kappa shape index (κ3) is 2.69. The summed E-state index contributed by atoms with van der Waals surface area (Å²) in [6, 6.07) is 9.31. The molecule has 1 amide bonds. The van der Waals surface area contributed by atoms with E-state index in [1.165, 1.54) is 5.56 Å². The Hall–Kier alpha value is -2.04. The molecule has 1 atom stereocenters. The van der Waals surface area contributed by atoms with Gasteiger partial charge in [0, 0.05) is 5.41 Å². The van der Waals surface area contributed by atoms with E-state index < -0.39 is 23.7 Å². The summed E-state index contributed by atoms with van der Waals surface area (Å²) >= 11 is 0. The third-order valence-corrected chi connectivity index (χ3v) is 4.98. The van der Waals surface area contributed by atoms with E-state index in [1.54, 1.807) is 20.8 Å². The summed E-state index contributed by atoms with van der Waals surface area (Å²) in [5.74, 6) is -0.989. The summed E-state index contributed by atoms with van der Waals surface area (Å²) in [4.78, 5) is 23.6. The molecular formula is C18H23NO4. The van der Waals surface area contributed by atoms with E-state index >= 15 is 0 Å². The van der Waals surface area contributed by atoms with Gasteiger partial charge in [-0.2, -0.15) is 0 Å². The maximum atomic E-state index is 11.9. The zero-order valence-electron chi connectivity index (χ0n) is 13.8. The van der Waals surface area contributed by atoms with Gasteiger partial charge in [-0.15, -0.1) is 0 Å². The first kappa shape index (κ1) is 15.8. The molecule has 2 N–H and O–H groups in total. The average molecular weight is 317 g/mol. The summed E-state index contributed by atoms with van der Waals surface area (Å²) in [6.07, 6.45) is 1.74. The van der Waals surface area contributed by atoms with Crippen LogP contribution in [-0.4, -0.2) is 28.8 Å². The molecule has 124 valence electrons. The highest BCUT2D eigenvalue weighted by Gasteiger charge is 2.72. The number of aliphatic carboxylic acids is 1. The Morgan fingerprint density at radius 1 is 1.17 bits per heavy atom. The molecule has 0 aliphatic heterocycles. The molecule has 1 aromatic rings. The van der Waals surface area contributed by atoms with Crippen LogP contribution >= 0.6 is 0 Å². The van der Waals surface area contributed by atoms with Crippen LogP contribution in [0, 0.1) is 5.41 Å². The van der Waals surface area contributed by atoms with Crippen LogP contribution in [0.15, 0.2) is 30.3 Å². The fourth-order valence-electron chi connectivity index (χ4n) is 4.17. The van der Waals surface area contributed by atoms with Gasteiger partial charge in [0.05, 0.1) is 0 Å². The van der Waals surface area contributed by atoms with Gasteiger partial charge in [0.15, 0.2) is 0 Å². The normalized spacial score (nSPS) is 29.7. The zero-order chi connectivity index (χ0) is 16.9. The number of amides is 1. The smallest absolute Gasteiger partial charge is 0.408 e. The first-order valence-electron chi connectivity index (χ1n) is 7.94. The van der Waals surface area contributed by atoms with Gasteiger partial charge in [0.2, 0.25) is 0 Å². The summed E-state index contributed by atoms with van der Waals surface area (Å²) in [5, 5.41) is 12.1. The SMILES string of the molecule is CC(C)(C)OC(=O)NC(C(=O)O)C12CC(c3ccccc3)(C1)C2. The minimum absolute atomic E-state index is 0.102. The lowest BCUT2D eigenvalue weighted by Gasteiger charge is -2.72. The van der Waals surface area contributed by atoms with E-state index in [1.807, 2.05) is 18.2 Å². The number of hydrogen-bond acceptors (Lipinski definition) is 3. The standard InChI is InChI=1S/C18H23NO4/c1-16(2,3)23-15(22)19-13(14(20)21)18-9-17(10-18,11-18)12-7-5-4-6-8-12/h4-8,13H,9-11H2,1-3H3,(H,19,22)(H,20,21). The Morgan fingerprint density at radius 3 is 2.22 bits per heavy atom. The van der Waals surface area contributed by atoms with Crippen LogP contribution in [-0.2, 0) is 14.9 Å². The highest BCUT2D eigenvalue weighted by Crippen LogP contribution is 2.74. The van der Waals surface area contributed by atoms with E-state index in [-0.39, 0.29) is 10.8 Å². The van der Waals surface area contributed by atoms with Crippen LogP contribution in [0.3, 0.4) is 0 Å². The van der Waals surface area contributed by atoms with Crippen molar-refractivity contribution in [2.24, 2.45) is 5.41 Å². The summed E-state index contributed by atoms with van der Waals surface area (Å²) in [7, 11) is 0. The molecule has 3 fully saturated rings. The minimum atomic E-state index is -0.989. The number of hydrogen-bond donors (Lipinski definition) is 2. The third-order valence-electron chi connectivity index (χ3n) is 4.98. The second kappa shape index (κ2) is 4.98. The Kier molecular flexibility index (Phi) is 3.43. The molecule has 5 nitrogen and oxygen atoms in total. The first-order chi connectivity index (χ1) is 10.7. The second-order valence-electron chi connectivity index (χ2n) is 7.96. The van der Waals surface area contributed by atoms with Gasteiger partial charge in [-0.1, -0.05) is 30.3 Å². The van der Waals surface area contributed by atoms with Gasteiger partial charge in [0.1, 0.15) is 11.6 Å². The predicted molar refractivity (Wildman–Crippen MR) is 85.2 cm³/mol. The number of benzene rings is 1. The zero-order valence-corrected chi connectivity index (χ0v) is 13.8. The van der Waals surface area contributed by atoms with Crippen molar-refractivity contribution in [2.45, 2.75) is 57.1 Å². The average Bonchev–Trinajstić information content (AvgIpc) is 2.33. The molecule has 2 bridgehead atoms. The monoisotopic (exact) mass is 317 g/mol. The number of carboxylic acid groups (broad SMARTS) is 1. The molecular weight excluding hydrogens is 294 g/mol. The van der Waals surface area contributed by atoms with E-state index in [2.05, 4.69) is 17.4 Å². The van der Waals surface area contributed by atoms with Crippen molar-refractivity contribution in [3.05, 3.63) is 35.9 Å². The van der Waals surface area contributed by atoms with E-state index in [0.29, 0.717) is 0 Å². The summed E-state index contributed by atoms with van der Waals surface area (Å²) in [6.45, 7) is 5.27. The number of ether oxygens (including phenoxy) is 1. The fraction of sp³-hybridized carbons (Fsp3) is 0.556. The lowest BCUT2D eigenvalue weighted by atomic mass is 9.31. The number of nitrogens with one attached hydrogen (secondary N) is 1. The molecule has 0 aromatic heterocycles. The number of carbonyl (C=O) groups is 2. The van der Waals surface area contributed by atoms with Crippen molar-refractivity contribution in [1.29, 1.82) is 0 Å². The molecule has 4 rings (SSSR count). The van der Waals surface area contributed by atoms with E-state index in [4.69, 9.17) is 4.74 Å². The maximum absolute atomic E-state index is 11.9. The topological polar surface area (TPSA) is 75.6 Å². The molecule has 1 aromatic carbocycles. The van der Waals surface area contributed by atoms with Crippen LogP contribution in [0.2, 0.25) is 0 Å². The Labute approximate surface area is 136 Å². The molecule has 5 heteroatoms. The van der Waals surface area contributed by atoms with Crippen LogP contribution in [0.1, 0.15) is 45.6 Å². The van der Waals surface area contributed by atoms with Gasteiger partial charge in [0.25, 0.3) is 0 Å². The molecule has 23 heavy (non-hydrogen) atoms. The van der Waals surface area contributed by atoms with Gasteiger partial charge in [-0.3, -0.25) is 0 Å². The van der Waals surface area contributed by atoms with Crippen molar-refractivity contribution < 1.29 is 19.4 Å². The molecule has 3 saturated carbocycles. The van der Waals surface area contributed by atoms with Gasteiger partial charge >= 0.3 is 12.1 Å². The molecule has 0 radical (unpaired) electrons. The lowest BCUT2D eigenvalue weighted by Crippen LogP contribution is -2.73. The van der Waals surface area contributed by atoms with E-state index in [9.17, 15) is 14.7 Å². The minimum Gasteiger partial charge on any atom is -0.480 e. The van der Waals surface area contributed by atoms with E-state index in [0.717, 1.165) is 19.3 Å². The Bertz CT molecular complexity index is 612. The summed E-state index contributed by atoms with van der Waals surface area (Å²) < 4.78 is 5.20. The van der Waals surface area contributed by atoms with Gasteiger partial charge < -0.3 is 15.2 Å². The van der Waals surface area contributed by atoms with Crippen molar-refractivity contribution in [1.82, 2.24) is 5.32 Å². The van der Waals surface area contributed by atoms with Crippen molar-refractivity contribution in [3.8, 4) is 0 Å². The van der Waals surface area contributed by atoms with Crippen LogP contribution in [0.4, 0.5) is 4.79 Å². The quantitative estimate of drug-likeness (QED) is 0.895. The fourth-order valence-corrected chi connectivity index (χ4v) is 4.17. The van der Waals surface area contributed by atoms with Gasteiger partial charge in [-0.25, -0.2) is 9.59 Å². The second-order valence-corrected chi connectivity index (χ2v) is 7.96. The molecule has 1 unspecified atom stereocenters. The molecule has 3 aliphatic carbocycles. The highest BCUT2D eigenvalue weighted by atomic mass is 16.6. The van der Waals surface area contributed by atoms with Crippen LogP contribution in [0.5, 0.6) is 0 Å². The number of carbonyl (C=O) groups excluding carboxylic acids is 1. The van der Waals surface area contributed by atoms with Crippen LogP contribution < -0.4 is 5.32 Å². The molecule has 0 heterocycles.